The second-order valence-corrected chi connectivity index (χ2v) is 3.04. The number of nitrogens with two attached hydrogens (primary N) is 1. The van der Waals surface area contributed by atoms with Crippen LogP contribution >= 0.6 is 0 Å². The van der Waals surface area contributed by atoms with Gasteiger partial charge in [-0.05, 0) is 29.8 Å². The van der Waals surface area contributed by atoms with Crippen molar-refractivity contribution in [2.75, 3.05) is 5.73 Å². The fourth-order valence-corrected chi connectivity index (χ4v) is 1.36. The third kappa shape index (κ3) is 1.52. The Labute approximate surface area is 81.2 Å². The number of benzene rings is 1. The monoisotopic (exact) mass is 186 g/mol. The molecule has 0 bridgehead atoms. The van der Waals surface area contributed by atoms with Crippen LogP contribution in [0.15, 0.2) is 47.4 Å². The summed E-state index contributed by atoms with van der Waals surface area (Å²) in [6.45, 7) is 0. The molecule has 0 aliphatic carbocycles. The minimum atomic E-state index is -0.0990. The maximum Gasteiger partial charge on any atom is 0.255 e. The zero-order valence-corrected chi connectivity index (χ0v) is 7.53. The molecule has 2 aromatic rings. The maximum absolute atomic E-state index is 11.4. The van der Waals surface area contributed by atoms with Crippen molar-refractivity contribution in [2.45, 2.75) is 0 Å². The number of aromatic amines is 1. The van der Waals surface area contributed by atoms with Crippen LogP contribution in [-0.2, 0) is 0 Å². The molecule has 70 valence electrons. The Morgan fingerprint density at radius 3 is 2.71 bits per heavy atom. The normalized spacial score (nSPS) is 10.0. The summed E-state index contributed by atoms with van der Waals surface area (Å²) in [5.41, 5.74) is 7.67. The van der Waals surface area contributed by atoms with E-state index < -0.39 is 0 Å². The van der Waals surface area contributed by atoms with Crippen LogP contribution < -0.4 is 11.3 Å². The molecule has 1 aromatic carbocycles. The van der Waals surface area contributed by atoms with Gasteiger partial charge in [-0.3, -0.25) is 4.79 Å². The first kappa shape index (κ1) is 8.56. The second kappa shape index (κ2) is 3.38. The Bertz CT molecular complexity index is 502. The lowest BCUT2D eigenvalue weighted by atomic mass is 10.1. The summed E-state index contributed by atoms with van der Waals surface area (Å²) < 4.78 is 0. The van der Waals surface area contributed by atoms with E-state index in [2.05, 4.69) is 4.98 Å². The van der Waals surface area contributed by atoms with Crippen molar-refractivity contribution in [1.29, 1.82) is 0 Å². The Balaban J connectivity index is 2.61. The molecule has 0 spiro atoms. The molecule has 3 nitrogen and oxygen atoms in total. The van der Waals surface area contributed by atoms with Gasteiger partial charge in [0, 0.05) is 17.4 Å². The predicted molar refractivity (Wildman–Crippen MR) is 56.9 cm³/mol. The molecule has 14 heavy (non-hydrogen) atoms. The van der Waals surface area contributed by atoms with Crippen LogP contribution in [0.3, 0.4) is 0 Å². The number of H-pyrrole nitrogens is 1. The summed E-state index contributed by atoms with van der Waals surface area (Å²) in [7, 11) is 0. The molecule has 0 saturated carbocycles. The number of hydrogen-bond donors (Lipinski definition) is 2. The first-order chi connectivity index (χ1) is 6.77. The highest BCUT2D eigenvalue weighted by Gasteiger charge is 2.01. The fourth-order valence-electron chi connectivity index (χ4n) is 1.36. The molecule has 0 radical (unpaired) electrons. The van der Waals surface area contributed by atoms with Gasteiger partial charge in [0.25, 0.3) is 5.56 Å². The lowest BCUT2D eigenvalue weighted by Crippen LogP contribution is -2.06. The van der Waals surface area contributed by atoms with Crippen LogP contribution in [0.5, 0.6) is 0 Å². The predicted octanol–water partition coefficient (Wildman–Crippen LogP) is 1.62. The molecule has 1 heterocycles. The maximum atomic E-state index is 11.4. The Morgan fingerprint density at radius 2 is 2.00 bits per heavy atom. The number of nitrogen functional groups attached to an aromatic ring is 1. The lowest BCUT2D eigenvalue weighted by molar-refractivity contribution is 1.24. The van der Waals surface area contributed by atoms with Crippen molar-refractivity contribution >= 4 is 5.69 Å². The second-order valence-electron chi connectivity index (χ2n) is 3.04. The molecule has 0 aliphatic heterocycles. The van der Waals surface area contributed by atoms with Gasteiger partial charge in [-0.1, -0.05) is 12.1 Å². The summed E-state index contributed by atoms with van der Waals surface area (Å²) in [5.74, 6) is 0. The summed E-state index contributed by atoms with van der Waals surface area (Å²) in [6, 6.07) is 10.8. The number of rotatable bonds is 1. The molecule has 0 unspecified atom stereocenters. The zero-order chi connectivity index (χ0) is 9.97. The van der Waals surface area contributed by atoms with Crippen molar-refractivity contribution in [2.24, 2.45) is 0 Å². The van der Waals surface area contributed by atoms with Crippen LogP contribution in [0.2, 0.25) is 0 Å². The van der Waals surface area contributed by atoms with Gasteiger partial charge in [0.05, 0.1) is 0 Å². The third-order valence-electron chi connectivity index (χ3n) is 2.02. The molecule has 2 rings (SSSR count). The van der Waals surface area contributed by atoms with Gasteiger partial charge in [0.2, 0.25) is 0 Å². The molecule has 3 heteroatoms. The molecular weight excluding hydrogens is 176 g/mol. The molecule has 3 N–H and O–H groups in total. The van der Waals surface area contributed by atoms with Gasteiger partial charge in [0.1, 0.15) is 0 Å². The number of pyridine rings is 1. The van der Waals surface area contributed by atoms with Gasteiger partial charge in [0.15, 0.2) is 0 Å². The minimum Gasteiger partial charge on any atom is -0.399 e. The van der Waals surface area contributed by atoms with E-state index in [0.717, 1.165) is 5.56 Å². The van der Waals surface area contributed by atoms with Crippen LogP contribution in [0.25, 0.3) is 11.1 Å². The SMILES string of the molecule is Nc1cccc(-c2ccc[nH]c2=O)c1. The third-order valence-corrected chi connectivity index (χ3v) is 2.02. The molecule has 1 aromatic heterocycles. The van der Waals surface area contributed by atoms with Crippen molar-refractivity contribution < 1.29 is 0 Å². The van der Waals surface area contributed by atoms with Crippen molar-refractivity contribution in [3.05, 3.63) is 52.9 Å². The molecule has 0 saturated heterocycles. The molecule has 0 aliphatic rings. The number of anilines is 1. The van der Waals surface area contributed by atoms with E-state index in [1.165, 1.54) is 0 Å². The zero-order valence-electron chi connectivity index (χ0n) is 7.53. The van der Waals surface area contributed by atoms with E-state index >= 15 is 0 Å². The van der Waals surface area contributed by atoms with Gasteiger partial charge >= 0.3 is 0 Å². The van der Waals surface area contributed by atoms with E-state index in [1.807, 2.05) is 12.1 Å². The average Bonchev–Trinajstić information content (AvgIpc) is 2.18. The van der Waals surface area contributed by atoms with Crippen LogP contribution in [0.1, 0.15) is 0 Å². The van der Waals surface area contributed by atoms with Gasteiger partial charge < -0.3 is 10.7 Å². The molecular formula is C11H10N2O. The van der Waals surface area contributed by atoms with Crippen molar-refractivity contribution in [3.8, 4) is 11.1 Å². The van der Waals surface area contributed by atoms with Gasteiger partial charge in [-0.2, -0.15) is 0 Å². The Hall–Kier alpha value is -2.03. The number of hydrogen-bond acceptors (Lipinski definition) is 2. The Kier molecular flexibility index (Phi) is 2.07. The van der Waals surface area contributed by atoms with Crippen LogP contribution in [0, 0.1) is 0 Å². The highest BCUT2D eigenvalue weighted by atomic mass is 16.1. The average molecular weight is 186 g/mol. The van der Waals surface area contributed by atoms with Crippen molar-refractivity contribution in [1.82, 2.24) is 4.98 Å². The molecule has 0 fully saturated rings. The summed E-state index contributed by atoms with van der Waals surface area (Å²) in [6.07, 6.45) is 1.61. The van der Waals surface area contributed by atoms with E-state index in [1.54, 1.807) is 30.5 Å². The van der Waals surface area contributed by atoms with Crippen molar-refractivity contribution in [3.63, 3.8) is 0 Å². The first-order valence-electron chi connectivity index (χ1n) is 4.31. The van der Waals surface area contributed by atoms with Crippen LogP contribution in [0.4, 0.5) is 5.69 Å². The summed E-state index contributed by atoms with van der Waals surface area (Å²) >= 11 is 0. The van der Waals surface area contributed by atoms with E-state index in [0.29, 0.717) is 11.3 Å². The largest absolute Gasteiger partial charge is 0.399 e. The van der Waals surface area contributed by atoms with Gasteiger partial charge in [-0.25, -0.2) is 0 Å². The van der Waals surface area contributed by atoms with E-state index in [4.69, 9.17) is 5.73 Å². The first-order valence-corrected chi connectivity index (χ1v) is 4.31. The minimum absolute atomic E-state index is 0.0990. The molecule has 0 amide bonds. The van der Waals surface area contributed by atoms with E-state index in [-0.39, 0.29) is 5.56 Å². The summed E-state index contributed by atoms with van der Waals surface area (Å²) in [5, 5.41) is 0. The van der Waals surface area contributed by atoms with Crippen LogP contribution in [-0.4, -0.2) is 4.98 Å². The highest BCUT2D eigenvalue weighted by Crippen LogP contribution is 2.16. The lowest BCUT2D eigenvalue weighted by Gasteiger charge is -2.00. The summed E-state index contributed by atoms with van der Waals surface area (Å²) in [4.78, 5) is 14.1. The quantitative estimate of drug-likeness (QED) is 0.665. The topological polar surface area (TPSA) is 58.9 Å². The fraction of sp³-hybridized carbons (Fsp3) is 0. The van der Waals surface area contributed by atoms with E-state index in [9.17, 15) is 4.79 Å². The Morgan fingerprint density at radius 1 is 1.14 bits per heavy atom. The molecule has 0 atom stereocenters. The van der Waals surface area contributed by atoms with Gasteiger partial charge in [-0.15, -0.1) is 0 Å². The standard InChI is InChI=1S/C11H10N2O/c12-9-4-1-3-8(7-9)10-5-2-6-13-11(10)14/h1-7H,12H2,(H,13,14). The number of aromatic nitrogens is 1. The number of nitrogens with one attached hydrogen (secondary N) is 1. The highest BCUT2D eigenvalue weighted by molar-refractivity contribution is 5.66. The smallest absolute Gasteiger partial charge is 0.255 e.